The molecule has 2 fully saturated rings. The fraction of sp³-hybridized carbons (Fsp3) is 0.455. The fourth-order valence-corrected chi connectivity index (χ4v) is 4.97. The number of anilines is 1. The van der Waals surface area contributed by atoms with Crippen LogP contribution in [0.15, 0.2) is 34.1 Å². The average Bonchev–Trinajstić information content (AvgIpc) is 3.41. The molecule has 1 unspecified atom stereocenters. The van der Waals surface area contributed by atoms with Gasteiger partial charge in [-0.25, -0.2) is 4.98 Å². The molecule has 4 heterocycles. The minimum Gasteiger partial charge on any atom is -0.382 e. The Morgan fingerprint density at radius 1 is 1.41 bits per heavy atom. The van der Waals surface area contributed by atoms with Crippen LogP contribution in [0.2, 0.25) is 0 Å². The Morgan fingerprint density at radius 3 is 3.06 bits per heavy atom. The van der Waals surface area contributed by atoms with E-state index in [1.807, 2.05) is 13.0 Å². The van der Waals surface area contributed by atoms with Crippen LogP contribution in [0.4, 0.5) is 5.82 Å². The number of amides is 1. The minimum atomic E-state index is -0.243. The molecule has 1 amide bonds. The van der Waals surface area contributed by atoms with Gasteiger partial charge < -0.3 is 14.8 Å². The molecule has 0 saturated carbocycles. The first-order chi connectivity index (χ1) is 15.6. The zero-order valence-corrected chi connectivity index (χ0v) is 19.5. The zero-order valence-electron chi connectivity index (χ0n) is 17.9. The number of rotatable bonds is 9. The van der Waals surface area contributed by atoms with Crippen molar-refractivity contribution in [1.82, 2.24) is 14.3 Å². The molecule has 2 aliphatic rings. The van der Waals surface area contributed by atoms with Gasteiger partial charge >= 0.3 is 0 Å². The minimum absolute atomic E-state index is 0.0856. The van der Waals surface area contributed by atoms with Crippen LogP contribution in [-0.4, -0.2) is 63.5 Å². The molecule has 0 radical (unpaired) electrons. The van der Waals surface area contributed by atoms with Gasteiger partial charge in [0.15, 0.2) is 0 Å². The molecular weight excluding hydrogens is 448 g/mol. The summed E-state index contributed by atoms with van der Waals surface area (Å²) in [7, 11) is 0. The Kier molecular flexibility index (Phi) is 7.56. The average molecular weight is 475 g/mol. The molecule has 170 valence electrons. The fourth-order valence-electron chi connectivity index (χ4n) is 3.68. The van der Waals surface area contributed by atoms with Gasteiger partial charge in [0, 0.05) is 39.1 Å². The van der Waals surface area contributed by atoms with Crippen LogP contribution in [0.5, 0.6) is 0 Å². The summed E-state index contributed by atoms with van der Waals surface area (Å²) in [6, 6.07) is 5.39. The molecule has 10 heteroatoms. The molecule has 32 heavy (non-hydrogen) atoms. The maximum atomic E-state index is 13.3. The molecule has 0 aliphatic carbocycles. The number of nitrogens with one attached hydrogen (secondary N) is 1. The number of carbonyl (C=O) groups excluding carboxylic acids is 1. The molecule has 0 aromatic carbocycles. The third-order valence-electron chi connectivity index (χ3n) is 5.31. The van der Waals surface area contributed by atoms with Crippen LogP contribution in [0.25, 0.3) is 11.7 Å². The van der Waals surface area contributed by atoms with E-state index < -0.39 is 0 Å². The largest absolute Gasteiger partial charge is 0.382 e. The molecule has 0 spiro atoms. The predicted octanol–water partition coefficient (Wildman–Crippen LogP) is 2.91. The standard InChI is InChI=1S/C22H26N4O4S2/c1-2-29-11-6-10-26-21(28)17(32-22(26)31)13-16-19(23-14-15-7-5-12-30-15)24-18-8-3-4-9-25(18)20(16)27/h3-4,8-9,13,15,23H,2,5-7,10-12,14H2,1H3/b17-13+. The van der Waals surface area contributed by atoms with Crippen molar-refractivity contribution in [2.75, 3.05) is 38.2 Å². The summed E-state index contributed by atoms with van der Waals surface area (Å²) in [6.07, 6.45) is 6.05. The second-order valence-corrected chi connectivity index (χ2v) is 9.18. The lowest BCUT2D eigenvalue weighted by atomic mass is 10.2. The van der Waals surface area contributed by atoms with Crippen LogP contribution in [0.1, 0.15) is 31.7 Å². The molecule has 1 N–H and O–H groups in total. The van der Waals surface area contributed by atoms with Crippen molar-refractivity contribution in [3.63, 3.8) is 0 Å². The van der Waals surface area contributed by atoms with E-state index in [4.69, 9.17) is 21.7 Å². The number of carbonyl (C=O) groups is 1. The first-order valence-electron chi connectivity index (χ1n) is 10.8. The number of thiocarbonyl (C=S) groups is 1. The maximum Gasteiger partial charge on any atom is 0.267 e. The summed E-state index contributed by atoms with van der Waals surface area (Å²) in [5.41, 5.74) is 0.626. The van der Waals surface area contributed by atoms with Crippen molar-refractivity contribution in [2.24, 2.45) is 0 Å². The molecule has 0 bridgehead atoms. The highest BCUT2D eigenvalue weighted by Crippen LogP contribution is 2.33. The lowest BCUT2D eigenvalue weighted by molar-refractivity contribution is -0.122. The van der Waals surface area contributed by atoms with Crippen LogP contribution >= 0.6 is 24.0 Å². The number of hydrogen-bond acceptors (Lipinski definition) is 8. The third kappa shape index (κ3) is 5.03. The molecule has 2 aromatic heterocycles. The van der Waals surface area contributed by atoms with Crippen molar-refractivity contribution >= 4 is 51.7 Å². The van der Waals surface area contributed by atoms with E-state index >= 15 is 0 Å². The summed E-state index contributed by atoms with van der Waals surface area (Å²) in [5, 5.41) is 3.27. The van der Waals surface area contributed by atoms with Gasteiger partial charge in [0.05, 0.1) is 16.6 Å². The molecule has 1 atom stereocenters. The Morgan fingerprint density at radius 2 is 2.28 bits per heavy atom. The number of thioether (sulfide) groups is 1. The number of fused-ring (bicyclic) bond motifs is 1. The Balaban J connectivity index is 1.63. The monoisotopic (exact) mass is 474 g/mol. The molecule has 2 aliphatic heterocycles. The van der Waals surface area contributed by atoms with E-state index in [9.17, 15) is 9.59 Å². The number of hydrogen-bond donors (Lipinski definition) is 1. The zero-order chi connectivity index (χ0) is 22.5. The van der Waals surface area contributed by atoms with Gasteiger partial charge in [-0.3, -0.25) is 18.9 Å². The van der Waals surface area contributed by atoms with Gasteiger partial charge in [-0.05, 0) is 44.4 Å². The smallest absolute Gasteiger partial charge is 0.267 e. The van der Waals surface area contributed by atoms with Crippen LogP contribution in [0, 0.1) is 0 Å². The second-order valence-electron chi connectivity index (χ2n) is 7.51. The van der Waals surface area contributed by atoms with E-state index in [-0.39, 0.29) is 17.6 Å². The summed E-state index contributed by atoms with van der Waals surface area (Å²) in [6.45, 7) is 4.93. The molecule has 2 saturated heterocycles. The van der Waals surface area contributed by atoms with E-state index in [0.717, 1.165) is 19.4 Å². The van der Waals surface area contributed by atoms with Gasteiger partial charge in [-0.15, -0.1) is 0 Å². The lowest BCUT2D eigenvalue weighted by Gasteiger charge is -2.15. The van der Waals surface area contributed by atoms with Crippen molar-refractivity contribution in [1.29, 1.82) is 0 Å². The van der Waals surface area contributed by atoms with E-state index in [2.05, 4.69) is 10.3 Å². The van der Waals surface area contributed by atoms with Crippen molar-refractivity contribution in [2.45, 2.75) is 32.3 Å². The quantitative estimate of drug-likeness (QED) is 0.337. The molecule has 4 rings (SSSR count). The highest BCUT2D eigenvalue weighted by molar-refractivity contribution is 8.26. The number of aromatic nitrogens is 2. The van der Waals surface area contributed by atoms with Crippen molar-refractivity contribution in [3.8, 4) is 0 Å². The SMILES string of the molecule is CCOCCCN1C(=O)/C(=C\c2c(NCC3CCCO3)nc3ccccn3c2=O)SC1=S. The number of ether oxygens (including phenoxy) is 2. The van der Waals surface area contributed by atoms with Crippen LogP contribution < -0.4 is 10.9 Å². The van der Waals surface area contributed by atoms with Crippen molar-refractivity contribution < 1.29 is 14.3 Å². The van der Waals surface area contributed by atoms with Gasteiger partial charge in [-0.1, -0.05) is 30.0 Å². The van der Waals surface area contributed by atoms with Gasteiger partial charge in [-0.2, -0.15) is 0 Å². The first kappa shape index (κ1) is 22.9. The second kappa shape index (κ2) is 10.6. The molecule has 8 nitrogen and oxygen atoms in total. The summed E-state index contributed by atoms with van der Waals surface area (Å²) < 4.78 is 13.0. The predicted molar refractivity (Wildman–Crippen MR) is 130 cm³/mol. The Bertz CT molecular complexity index is 1100. The van der Waals surface area contributed by atoms with Crippen molar-refractivity contribution in [3.05, 3.63) is 45.2 Å². The number of nitrogens with zero attached hydrogens (tertiary/aromatic N) is 3. The topological polar surface area (TPSA) is 85.2 Å². The van der Waals surface area contributed by atoms with E-state index in [0.29, 0.717) is 59.0 Å². The van der Waals surface area contributed by atoms with Gasteiger partial charge in [0.25, 0.3) is 11.5 Å². The molecule has 2 aromatic rings. The first-order valence-corrected chi connectivity index (χ1v) is 12.0. The Labute approximate surface area is 196 Å². The normalized spacial score (nSPS) is 20.1. The van der Waals surface area contributed by atoms with E-state index in [1.165, 1.54) is 16.2 Å². The van der Waals surface area contributed by atoms with Crippen LogP contribution in [-0.2, 0) is 14.3 Å². The third-order valence-corrected chi connectivity index (χ3v) is 6.69. The van der Waals surface area contributed by atoms with Gasteiger partial charge in [0.2, 0.25) is 0 Å². The molecular formula is C22H26N4O4S2. The number of pyridine rings is 1. The summed E-state index contributed by atoms with van der Waals surface area (Å²) in [5.74, 6) is 0.248. The Hall–Kier alpha value is -2.27. The highest BCUT2D eigenvalue weighted by atomic mass is 32.2. The lowest BCUT2D eigenvalue weighted by Crippen LogP contribution is -2.30. The summed E-state index contributed by atoms with van der Waals surface area (Å²) >= 11 is 6.62. The van der Waals surface area contributed by atoms with E-state index in [1.54, 1.807) is 29.3 Å². The van der Waals surface area contributed by atoms with Gasteiger partial charge in [0.1, 0.15) is 15.8 Å². The van der Waals surface area contributed by atoms with Crippen LogP contribution in [0.3, 0.4) is 0 Å². The highest BCUT2D eigenvalue weighted by Gasteiger charge is 2.32. The maximum absolute atomic E-state index is 13.3. The summed E-state index contributed by atoms with van der Waals surface area (Å²) in [4.78, 5) is 32.9.